The van der Waals surface area contributed by atoms with E-state index in [2.05, 4.69) is 89.7 Å². The molecule has 0 radical (unpaired) electrons. The maximum atomic E-state index is 12.3. The summed E-state index contributed by atoms with van der Waals surface area (Å²) in [7, 11) is 2.97. The van der Waals surface area contributed by atoms with Crippen LogP contribution in [0.1, 0.15) is 296 Å². The average molecular weight is 2080 g/mol. The van der Waals surface area contributed by atoms with Gasteiger partial charge in [-0.25, -0.2) is 64.4 Å². The highest BCUT2D eigenvalue weighted by Gasteiger charge is 2.48. The van der Waals surface area contributed by atoms with Crippen LogP contribution in [-0.2, 0) is 67.0 Å². The van der Waals surface area contributed by atoms with Gasteiger partial charge in [-0.3, -0.25) is 22.8 Å². The van der Waals surface area contributed by atoms with Gasteiger partial charge in [0, 0.05) is 94.7 Å². The maximum Gasteiger partial charge on any atom is 0.533 e. The second-order valence-electron chi connectivity index (χ2n) is 35.9. The number of ether oxygens (including phenoxy) is 6. The van der Waals surface area contributed by atoms with E-state index in [4.69, 9.17) is 63.4 Å². The summed E-state index contributed by atoms with van der Waals surface area (Å²) in [5.41, 5.74) is 7.57. The molecule has 20 atom stereocenters. The first kappa shape index (κ1) is 124. The molecule has 0 spiro atoms. The lowest BCUT2D eigenvalue weighted by molar-refractivity contribution is -0.141. The highest BCUT2D eigenvalue weighted by atomic mass is 16.8. The van der Waals surface area contributed by atoms with Gasteiger partial charge in [0.15, 0.2) is 60.2 Å². The molecule has 5 aromatic heterocycles. The molecule has 5 aliphatic heterocycles. The normalized spacial score (nSPS) is 23.7. The number of aliphatic hydroxyl groups excluding tert-OH is 15. The van der Waals surface area contributed by atoms with Gasteiger partial charge in [-0.05, 0) is 25.7 Å². The van der Waals surface area contributed by atoms with Gasteiger partial charge in [0.1, 0.15) is 91.6 Å². The molecule has 20 N–H and O–H groups in total. The van der Waals surface area contributed by atoms with Crippen molar-refractivity contribution in [1.82, 2.24) is 52.7 Å². The molecular weight excluding hydrogens is 1930 g/mol. The number of rotatable bonds is 58. The first-order valence-corrected chi connectivity index (χ1v) is 50.4. The second-order valence-corrected chi connectivity index (χ2v) is 35.9. The van der Waals surface area contributed by atoms with Crippen molar-refractivity contribution in [3.8, 4) is 0 Å². The van der Waals surface area contributed by atoms with E-state index in [1.165, 1.54) is 209 Å². The summed E-state index contributed by atoms with van der Waals surface area (Å²) < 4.78 is 36.2. The number of nitrogens with zero attached hydrogens (tertiary/aromatic N) is 11. The van der Waals surface area contributed by atoms with Crippen LogP contribution in [-0.4, -0.2) is 305 Å². The molecule has 5 aliphatic rings. The van der Waals surface area contributed by atoms with Crippen LogP contribution < -0.4 is 55.8 Å². The molecule has 826 valence electrons. The number of amides is 1. The quantitative estimate of drug-likeness (QED) is 0.0114. The Morgan fingerprint density at radius 2 is 0.479 bits per heavy atom. The molecule has 10 heterocycles. The first-order valence-electron chi connectivity index (χ1n) is 50.4. The lowest BCUT2D eigenvalue weighted by Crippen LogP contribution is -2.36. The summed E-state index contributed by atoms with van der Waals surface area (Å²) in [5.74, 6) is -1.27. The van der Waals surface area contributed by atoms with E-state index in [1.54, 1.807) is 0 Å². The predicted molar refractivity (Wildman–Crippen MR) is 520 cm³/mol. The molecule has 146 heavy (non-hydrogen) atoms. The minimum atomic E-state index is -1.40. The number of anilines is 5. The Morgan fingerprint density at radius 1 is 0.288 bits per heavy atom. The third kappa shape index (κ3) is 41.9. The van der Waals surface area contributed by atoms with Gasteiger partial charge >= 0.3 is 58.6 Å². The minimum Gasteiger partial charge on any atom is -0.433 e. The smallest absolute Gasteiger partial charge is 0.433 e. The van der Waals surface area contributed by atoms with E-state index < -0.39 is 214 Å². The Labute approximate surface area is 844 Å². The SMILES string of the molecule is CCCCCCCCC(=O)ONc1ccn([C@@H]2O[C@H](CO)[C@@H](O)[C@H]2O)c(=O)n1.CCCCCCCCC(=O)ONc1ccn([C@@H]2O[C@H](CO)[C@@H](O)[C@H]2O)c(=O)n1.CCCCCCCCCCCCCCCCCCCC(=O)ONc1ccn([C@@H]2O[C@H](CO)[C@@H](O)[C@H]2O)c(=O)n1.CCCCCCCOC(=O)ONc1ccn([C@@H]2O[C@H](CO)[C@@H](O)[C@H]2O)c(=O)n1.CN(C)C(=O)ONc1ccn([C@@H]2O[C@H](CO)[C@@H](O)[C@H]2O)c(=O)n1. The Kier molecular flexibility index (Phi) is 58.7. The van der Waals surface area contributed by atoms with Crippen LogP contribution in [0.2, 0.25) is 0 Å². The number of nitrogens with one attached hydrogen (secondary N) is 5. The minimum absolute atomic E-state index is 0.0202. The molecule has 0 saturated carbocycles. The molecule has 5 aromatic rings. The van der Waals surface area contributed by atoms with Gasteiger partial charge in [0.2, 0.25) is 0 Å². The summed E-state index contributed by atoms with van der Waals surface area (Å²) in [6.07, 6.45) is 20.6. The van der Waals surface area contributed by atoms with E-state index in [0.717, 1.165) is 113 Å². The number of hydrogen-bond acceptors (Lipinski definition) is 46. The topological polar surface area (TPSA) is 728 Å². The zero-order valence-electron chi connectivity index (χ0n) is 83.9. The lowest BCUT2D eigenvalue weighted by atomic mass is 10.0. The largest absolute Gasteiger partial charge is 0.533 e. The summed E-state index contributed by atoms with van der Waals surface area (Å²) in [6.45, 7) is 6.42. The summed E-state index contributed by atoms with van der Waals surface area (Å²) in [6, 6.07) is 6.76. The van der Waals surface area contributed by atoms with Gasteiger partial charge in [0.05, 0.1) is 39.6 Å². The average Bonchev–Trinajstić information content (AvgIpc) is 1.68. The molecule has 10 rings (SSSR count). The Morgan fingerprint density at radius 3 is 0.671 bits per heavy atom. The van der Waals surface area contributed by atoms with Crippen molar-refractivity contribution in [2.24, 2.45) is 0 Å². The van der Waals surface area contributed by atoms with Gasteiger partial charge in [-0.15, -0.1) is 0 Å². The van der Waals surface area contributed by atoms with E-state index >= 15 is 0 Å². The zero-order chi connectivity index (χ0) is 107. The molecule has 0 unspecified atom stereocenters. The molecule has 1 amide bonds. The Bertz CT molecular complexity index is 4610. The first-order chi connectivity index (χ1) is 70.2. The van der Waals surface area contributed by atoms with Crippen LogP contribution in [0.4, 0.5) is 38.7 Å². The number of carbonyl (C=O) groups excluding carboxylic acids is 5. The van der Waals surface area contributed by atoms with Gasteiger partial charge < -0.3 is 134 Å². The van der Waals surface area contributed by atoms with Crippen molar-refractivity contribution in [1.29, 1.82) is 0 Å². The standard InChI is InChI=1S/C29H51N3O7.2C18H29N3O7.C17H27N3O8.C12H18N4O7/c1-2-3-4-5-6-7-8-9-10-11-12-13-14-15-16-17-18-19-25(34)39-31-24-20-21-32(29(37)30-24)28-27(36)26(35)23(22-33)38-28;2*1-2-3-4-5-6-7-8-14(23)28-20-13-9-10-21(18(26)19-13)17-16(25)15(24)12(11-22)27-17;1-2-3-4-5-6-9-26-17(25)28-19-12-7-8-20(16(24)18-12)15-14(23)13(22)11(10-21)27-15;1-15(2)12(21)23-14-7-3-4-16(11(20)13-7)10-9(19)8(18)6(5-17)22-10/h20-21,23,26-28,33,35-36H,2-19,22H2,1H3,(H,30,31,37);2*9-10,12,15-17,22,24-25H,2-8,11H2,1H3,(H,19,20,26);7-8,11,13-15,21-23H,2-6,9-10H2,1H3,(H,18,19,24);3-4,6,8-10,17-19H,5H2,1-2H3,(H,13,14,20)/t23-,26-,27-,28-;2*12-,15-,16-,17-;11-,13-,14-,15-;6-,8-,9-,10-/m11111/s1. The summed E-state index contributed by atoms with van der Waals surface area (Å²) in [5, 5.41) is 144. The second kappa shape index (κ2) is 69.0. The van der Waals surface area contributed by atoms with Crippen LogP contribution in [0.5, 0.6) is 0 Å². The van der Waals surface area contributed by atoms with Crippen LogP contribution in [0.25, 0.3) is 0 Å². The monoisotopic (exact) mass is 2080 g/mol. The molecule has 0 aliphatic carbocycles. The fourth-order valence-corrected chi connectivity index (χ4v) is 15.6. The molecule has 5 fully saturated rings. The fraction of sp³-hybridized carbons (Fsp3) is 0.734. The van der Waals surface area contributed by atoms with Gasteiger partial charge in [-0.2, -0.15) is 35.9 Å². The van der Waals surface area contributed by atoms with E-state index in [1.807, 2.05) is 0 Å². The molecule has 0 aromatic carbocycles. The molecule has 5 saturated heterocycles. The zero-order valence-corrected chi connectivity index (χ0v) is 83.9. The fourth-order valence-electron chi connectivity index (χ4n) is 15.6. The summed E-state index contributed by atoms with van der Waals surface area (Å²) >= 11 is 0. The number of aromatic nitrogens is 10. The van der Waals surface area contributed by atoms with Crippen molar-refractivity contribution in [2.45, 2.75) is 388 Å². The number of carbonyl (C=O) groups is 5. The summed E-state index contributed by atoms with van der Waals surface area (Å²) in [4.78, 5) is 163. The van der Waals surface area contributed by atoms with Crippen molar-refractivity contribution in [2.75, 3.05) is 81.1 Å². The van der Waals surface area contributed by atoms with Crippen LogP contribution in [0.3, 0.4) is 0 Å². The highest BCUT2D eigenvalue weighted by Crippen LogP contribution is 2.34. The maximum absolute atomic E-state index is 12.3. The van der Waals surface area contributed by atoms with Crippen LogP contribution >= 0.6 is 0 Å². The van der Waals surface area contributed by atoms with E-state index in [9.17, 15) is 104 Å². The number of unbranched alkanes of at least 4 members (excludes halogenated alkanes) is 30. The third-order valence-electron chi connectivity index (χ3n) is 24.2. The molecular formula is C94H154N16O36. The Balaban J connectivity index is 0.000000282. The molecule has 52 heteroatoms. The lowest BCUT2D eigenvalue weighted by Gasteiger charge is -2.17. The van der Waals surface area contributed by atoms with E-state index in [-0.39, 0.29) is 55.0 Å². The number of aliphatic hydroxyl groups is 15. The van der Waals surface area contributed by atoms with Crippen LogP contribution in [0, 0.1) is 0 Å². The van der Waals surface area contributed by atoms with Gasteiger partial charge in [0.25, 0.3) is 0 Å². The van der Waals surface area contributed by atoms with Crippen molar-refractivity contribution in [3.63, 3.8) is 0 Å². The highest BCUT2D eigenvalue weighted by molar-refractivity contribution is 5.71. The third-order valence-corrected chi connectivity index (χ3v) is 24.2. The molecule has 52 nitrogen and oxygen atoms in total. The van der Waals surface area contributed by atoms with Gasteiger partial charge in [-0.1, -0.05) is 220 Å². The Hall–Kier alpha value is -10.4. The molecule has 0 bridgehead atoms. The van der Waals surface area contributed by atoms with Crippen molar-refractivity contribution in [3.05, 3.63) is 114 Å². The van der Waals surface area contributed by atoms with E-state index in [0.29, 0.717) is 0 Å². The predicted octanol–water partition coefficient (Wildman–Crippen LogP) is 3.90. The van der Waals surface area contributed by atoms with Crippen molar-refractivity contribution < 1.29 is 153 Å². The van der Waals surface area contributed by atoms with Crippen molar-refractivity contribution >= 4 is 59.2 Å². The van der Waals surface area contributed by atoms with Crippen LogP contribution in [0.15, 0.2) is 85.3 Å². The number of hydrogen-bond donors (Lipinski definition) is 20.